The van der Waals surface area contributed by atoms with Gasteiger partial charge in [-0.15, -0.1) is 0 Å². The first-order valence-electron chi connectivity index (χ1n) is 9.03. The van der Waals surface area contributed by atoms with Gasteiger partial charge in [-0.1, -0.05) is 18.2 Å². The Morgan fingerprint density at radius 3 is 2.27 bits per heavy atom. The first kappa shape index (κ1) is 20.9. The Labute approximate surface area is 172 Å². The Morgan fingerprint density at radius 2 is 1.63 bits per heavy atom. The molecule has 154 valence electrons. The molecule has 0 unspecified atom stereocenters. The first-order chi connectivity index (χ1) is 14.4. The lowest BCUT2D eigenvalue weighted by Crippen LogP contribution is -2.16. The van der Waals surface area contributed by atoms with Crippen molar-refractivity contribution in [1.82, 2.24) is 0 Å². The number of ketones is 2. The number of hydrogen-bond donors (Lipinski definition) is 0. The summed E-state index contributed by atoms with van der Waals surface area (Å²) in [5.41, 5.74) is -0.0362. The van der Waals surface area contributed by atoms with Gasteiger partial charge in [0.05, 0.1) is 33.1 Å². The average molecular weight is 408 g/mol. The Kier molecular flexibility index (Phi) is 6.32. The minimum atomic E-state index is -0.824. The summed E-state index contributed by atoms with van der Waals surface area (Å²) >= 11 is 0. The van der Waals surface area contributed by atoms with E-state index < -0.39 is 23.6 Å². The van der Waals surface area contributed by atoms with Crippen molar-refractivity contribution < 1.29 is 28.2 Å². The molecule has 7 nitrogen and oxygen atoms in total. The summed E-state index contributed by atoms with van der Waals surface area (Å²) in [6, 6.07) is 11.6. The van der Waals surface area contributed by atoms with Gasteiger partial charge in [0.2, 0.25) is 0 Å². The van der Waals surface area contributed by atoms with Crippen molar-refractivity contribution in [2.45, 2.75) is 6.42 Å². The van der Waals surface area contributed by atoms with Crippen LogP contribution < -0.4 is 19.8 Å². The Balaban J connectivity index is 1.81. The molecule has 0 N–H and O–H groups in total. The van der Waals surface area contributed by atoms with Crippen molar-refractivity contribution in [3.63, 3.8) is 0 Å². The maximum atomic E-state index is 12.5. The van der Waals surface area contributed by atoms with Gasteiger partial charge in [-0.25, -0.2) is 4.79 Å². The van der Waals surface area contributed by atoms with Crippen molar-refractivity contribution in [3.8, 4) is 17.2 Å². The molecular weight excluding hydrogens is 388 g/mol. The minimum Gasteiger partial charge on any atom is -0.497 e. The fourth-order valence-corrected chi connectivity index (χ4v) is 2.86. The van der Waals surface area contributed by atoms with E-state index in [-0.39, 0.29) is 11.1 Å². The van der Waals surface area contributed by atoms with Crippen molar-refractivity contribution in [2.24, 2.45) is 0 Å². The van der Waals surface area contributed by atoms with Crippen LogP contribution in [0.4, 0.5) is 0 Å². The van der Waals surface area contributed by atoms with E-state index in [1.165, 1.54) is 32.4 Å². The first-order valence-corrected chi connectivity index (χ1v) is 9.03. The summed E-state index contributed by atoms with van der Waals surface area (Å²) in [5, 5.41) is 0.433. The largest absolute Gasteiger partial charge is 0.497 e. The molecule has 30 heavy (non-hydrogen) atoms. The number of rotatable bonds is 8. The van der Waals surface area contributed by atoms with Crippen LogP contribution in [0.25, 0.3) is 17.0 Å². The number of carbonyl (C=O) groups excluding carboxylic acids is 2. The highest BCUT2D eigenvalue weighted by atomic mass is 16.5. The number of allylic oxidation sites excluding steroid dienone is 1. The van der Waals surface area contributed by atoms with Crippen molar-refractivity contribution in [1.29, 1.82) is 0 Å². The maximum absolute atomic E-state index is 12.5. The molecule has 0 saturated heterocycles. The predicted octanol–water partition coefficient (Wildman–Crippen LogP) is 3.67. The Bertz CT molecular complexity index is 1170. The average Bonchev–Trinajstić information content (AvgIpc) is 2.76. The number of benzene rings is 2. The lowest BCUT2D eigenvalue weighted by atomic mass is 10.0. The summed E-state index contributed by atoms with van der Waals surface area (Å²) in [4.78, 5) is 37.0. The van der Waals surface area contributed by atoms with Gasteiger partial charge in [0, 0.05) is 12.1 Å². The Hall–Kier alpha value is -3.87. The van der Waals surface area contributed by atoms with Gasteiger partial charge in [0.25, 0.3) is 0 Å². The van der Waals surface area contributed by atoms with Crippen LogP contribution in [0, 0.1) is 0 Å². The van der Waals surface area contributed by atoms with Crippen molar-refractivity contribution in [2.75, 3.05) is 21.3 Å². The summed E-state index contributed by atoms with van der Waals surface area (Å²) in [6.07, 6.45) is 2.43. The molecule has 0 fully saturated rings. The van der Waals surface area contributed by atoms with Gasteiger partial charge in [-0.2, -0.15) is 0 Å². The van der Waals surface area contributed by atoms with Crippen LogP contribution in [0.15, 0.2) is 57.8 Å². The molecule has 2 aromatic carbocycles. The van der Waals surface area contributed by atoms with Crippen LogP contribution in [0.1, 0.15) is 22.3 Å². The second-order valence-corrected chi connectivity index (χ2v) is 6.36. The quantitative estimate of drug-likeness (QED) is 0.243. The molecule has 0 saturated carbocycles. The molecule has 0 bridgehead atoms. The SMILES string of the molecule is COc1ccc(/C=C/C(=O)CC(=O)c2cc3c(OC)cc(OC)cc3oc2=O)cc1. The monoisotopic (exact) mass is 408 g/mol. The van der Waals surface area contributed by atoms with E-state index in [0.717, 1.165) is 5.56 Å². The molecule has 0 amide bonds. The lowest BCUT2D eigenvalue weighted by molar-refractivity contribution is -0.113. The van der Waals surface area contributed by atoms with E-state index in [4.69, 9.17) is 18.6 Å². The second-order valence-electron chi connectivity index (χ2n) is 6.36. The summed E-state index contributed by atoms with van der Waals surface area (Å²) < 4.78 is 20.8. The van der Waals surface area contributed by atoms with Gasteiger partial charge in [-0.05, 0) is 29.8 Å². The molecule has 0 atom stereocenters. The molecule has 0 radical (unpaired) electrons. The van der Waals surface area contributed by atoms with E-state index in [9.17, 15) is 14.4 Å². The van der Waals surface area contributed by atoms with Crippen LogP contribution in [-0.4, -0.2) is 32.9 Å². The zero-order chi connectivity index (χ0) is 21.7. The summed E-state index contributed by atoms with van der Waals surface area (Å²) in [5.74, 6) is 0.461. The molecule has 1 aromatic heterocycles. The van der Waals surface area contributed by atoms with Gasteiger partial charge >= 0.3 is 5.63 Å². The van der Waals surface area contributed by atoms with E-state index in [1.807, 2.05) is 0 Å². The van der Waals surface area contributed by atoms with Crippen LogP contribution >= 0.6 is 0 Å². The van der Waals surface area contributed by atoms with Crippen LogP contribution in [-0.2, 0) is 4.79 Å². The normalized spacial score (nSPS) is 10.9. The van der Waals surface area contributed by atoms with E-state index >= 15 is 0 Å². The molecule has 3 aromatic rings. The van der Waals surface area contributed by atoms with Gasteiger partial charge in [-0.3, -0.25) is 9.59 Å². The standard InChI is InChI=1S/C23H20O7/c1-27-16-8-5-14(6-9-16)4-7-15(24)10-20(25)18-13-19-21(29-3)11-17(28-2)12-22(19)30-23(18)26/h4-9,11-13H,10H2,1-3H3/b7-4+. The van der Waals surface area contributed by atoms with E-state index in [2.05, 4.69) is 0 Å². The third-order valence-electron chi connectivity index (χ3n) is 4.46. The lowest BCUT2D eigenvalue weighted by Gasteiger charge is -2.08. The molecule has 0 aliphatic heterocycles. The smallest absolute Gasteiger partial charge is 0.347 e. The number of methoxy groups -OCH3 is 3. The van der Waals surface area contributed by atoms with Crippen molar-refractivity contribution in [3.05, 3.63) is 70.1 Å². The Morgan fingerprint density at radius 1 is 0.933 bits per heavy atom. The third kappa shape index (κ3) is 4.57. The zero-order valence-electron chi connectivity index (χ0n) is 16.8. The minimum absolute atomic E-state index is 0.211. The molecule has 7 heteroatoms. The fourth-order valence-electron chi connectivity index (χ4n) is 2.86. The van der Waals surface area contributed by atoms with Gasteiger partial charge < -0.3 is 18.6 Å². The van der Waals surface area contributed by atoms with Crippen LogP contribution in [0.5, 0.6) is 17.2 Å². The summed E-state index contributed by atoms with van der Waals surface area (Å²) in [6.45, 7) is 0. The zero-order valence-corrected chi connectivity index (χ0v) is 16.8. The molecule has 0 spiro atoms. The van der Waals surface area contributed by atoms with Crippen molar-refractivity contribution >= 4 is 28.6 Å². The summed E-state index contributed by atoms with van der Waals surface area (Å²) in [7, 11) is 4.49. The predicted molar refractivity (Wildman–Crippen MR) is 112 cm³/mol. The van der Waals surface area contributed by atoms with Gasteiger partial charge in [0.1, 0.15) is 28.4 Å². The maximum Gasteiger partial charge on any atom is 0.347 e. The molecular formula is C23H20O7. The highest BCUT2D eigenvalue weighted by Crippen LogP contribution is 2.31. The number of carbonyl (C=O) groups is 2. The molecule has 0 aliphatic carbocycles. The van der Waals surface area contributed by atoms with Gasteiger partial charge in [0.15, 0.2) is 11.6 Å². The number of Topliss-reactive ketones (excluding diaryl/α,β-unsaturated/α-hetero) is 1. The molecule has 0 aliphatic rings. The third-order valence-corrected chi connectivity index (χ3v) is 4.46. The molecule has 1 heterocycles. The second kappa shape index (κ2) is 9.09. The van der Waals surface area contributed by atoms with Crippen LogP contribution in [0.3, 0.4) is 0 Å². The fraction of sp³-hybridized carbons (Fsp3) is 0.174. The van der Waals surface area contributed by atoms with Crippen LogP contribution in [0.2, 0.25) is 0 Å². The highest BCUT2D eigenvalue weighted by Gasteiger charge is 2.18. The highest BCUT2D eigenvalue weighted by molar-refractivity contribution is 6.12. The molecule has 3 rings (SSSR count). The number of hydrogen-bond acceptors (Lipinski definition) is 7. The van der Waals surface area contributed by atoms with E-state index in [0.29, 0.717) is 22.6 Å². The topological polar surface area (TPSA) is 92.0 Å². The number of ether oxygens (including phenoxy) is 3. The van der Waals surface area contributed by atoms with E-state index in [1.54, 1.807) is 43.5 Å². The number of fused-ring (bicyclic) bond motifs is 1.